The van der Waals surface area contributed by atoms with Gasteiger partial charge >= 0.3 is 6.09 Å². The molecule has 0 saturated heterocycles. The zero-order valence-electron chi connectivity index (χ0n) is 23.5. The van der Waals surface area contributed by atoms with Crippen molar-refractivity contribution in [3.05, 3.63) is 58.7 Å². The fraction of sp³-hybridized carbons (Fsp3) is 0.500. The van der Waals surface area contributed by atoms with Crippen LogP contribution in [0.2, 0.25) is 0 Å². The van der Waals surface area contributed by atoms with Crippen molar-refractivity contribution in [1.29, 1.82) is 0 Å². The summed E-state index contributed by atoms with van der Waals surface area (Å²) in [5, 5.41) is 2.69. The highest BCUT2D eigenvalue weighted by atomic mass is 16.5. The summed E-state index contributed by atoms with van der Waals surface area (Å²) in [5.74, 6) is 1.37. The first-order valence-corrected chi connectivity index (χ1v) is 12.5. The van der Waals surface area contributed by atoms with Crippen LogP contribution < -0.4 is 19.5 Å². The number of allylic oxidation sites excluding steroid dienone is 7. The number of hydrogen-bond donors (Lipinski definition) is 1. The number of amides is 1. The maximum atomic E-state index is 12.2. The van der Waals surface area contributed by atoms with Crippen LogP contribution in [0.1, 0.15) is 73.1 Å². The molecule has 0 bridgehead atoms. The van der Waals surface area contributed by atoms with E-state index in [1.54, 1.807) is 12.1 Å². The van der Waals surface area contributed by atoms with Gasteiger partial charge in [0.15, 0.2) is 11.5 Å². The van der Waals surface area contributed by atoms with Crippen molar-refractivity contribution < 1.29 is 23.7 Å². The van der Waals surface area contributed by atoms with Crippen LogP contribution in [0.4, 0.5) is 10.5 Å². The lowest BCUT2D eigenvalue weighted by molar-refractivity contribution is 0.174. The molecule has 0 radical (unpaired) electrons. The monoisotopic (exact) mass is 499 g/mol. The third-order valence-corrected chi connectivity index (χ3v) is 5.71. The standard InChI is InChI=1S/C30H45NO5/c1-22(2)12-9-13-23(3)14-10-15-24(4)16-11-17-25(5)18-19-36-30(32)31-26-20-27(33-6)29(35-8)28(21-26)34-7/h12,14,16,18,20-21H,9-11,13,15,17,19H2,1-8H3,(H,31,32). The molecule has 0 fully saturated rings. The molecule has 0 atom stereocenters. The normalized spacial score (nSPS) is 12.2. The molecular formula is C30H45NO5. The van der Waals surface area contributed by atoms with E-state index in [0.717, 1.165) is 38.5 Å². The second-order valence-corrected chi connectivity index (χ2v) is 9.19. The highest BCUT2D eigenvalue weighted by Gasteiger charge is 2.14. The van der Waals surface area contributed by atoms with Gasteiger partial charge in [-0.05, 0) is 79.2 Å². The average Bonchev–Trinajstić information content (AvgIpc) is 2.83. The number of carbonyl (C=O) groups is 1. The smallest absolute Gasteiger partial charge is 0.411 e. The van der Waals surface area contributed by atoms with E-state index in [-0.39, 0.29) is 6.61 Å². The molecule has 200 valence electrons. The van der Waals surface area contributed by atoms with Gasteiger partial charge < -0.3 is 18.9 Å². The van der Waals surface area contributed by atoms with E-state index in [9.17, 15) is 4.79 Å². The second-order valence-electron chi connectivity index (χ2n) is 9.19. The van der Waals surface area contributed by atoms with Gasteiger partial charge in [-0.15, -0.1) is 0 Å². The molecule has 1 rings (SSSR count). The second kappa shape index (κ2) is 17.3. The molecule has 1 aromatic carbocycles. The SMILES string of the molecule is COc1cc(NC(=O)OCC=C(C)CCC=C(C)CCC=C(C)CCC=C(C)C)cc(OC)c1OC. The van der Waals surface area contributed by atoms with Gasteiger partial charge in [0.05, 0.1) is 27.0 Å². The van der Waals surface area contributed by atoms with E-state index in [4.69, 9.17) is 18.9 Å². The Morgan fingerprint density at radius 2 is 1.19 bits per heavy atom. The van der Waals surface area contributed by atoms with Crippen LogP contribution >= 0.6 is 0 Å². The fourth-order valence-corrected chi connectivity index (χ4v) is 3.55. The number of benzene rings is 1. The Balaban J connectivity index is 2.41. The van der Waals surface area contributed by atoms with E-state index in [0.29, 0.717) is 22.9 Å². The van der Waals surface area contributed by atoms with E-state index >= 15 is 0 Å². The summed E-state index contributed by atoms with van der Waals surface area (Å²) in [7, 11) is 4.58. The highest BCUT2D eigenvalue weighted by molar-refractivity contribution is 5.86. The minimum atomic E-state index is -0.548. The third-order valence-electron chi connectivity index (χ3n) is 5.71. The Morgan fingerprint density at radius 1 is 0.722 bits per heavy atom. The molecule has 0 saturated carbocycles. The molecule has 1 N–H and O–H groups in total. The van der Waals surface area contributed by atoms with Crippen molar-refractivity contribution in [1.82, 2.24) is 0 Å². The van der Waals surface area contributed by atoms with Crippen molar-refractivity contribution in [3.63, 3.8) is 0 Å². The van der Waals surface area contributed by atoms with Crippen LogP contribution in [0.3, 0.4) is 0 Å². The molecule has 1 amide bonds. The van der Waals surface area contributed by atoms with E-state index in [2.05, 4.69) is 58.2 Å². The van der Waals surface area contributed by atoms with Gasteiger partial charge in [0, 0.05) is 12.1 Å². The lowest BCUT2D eigenvalue weighted by Gasteiger charge is -2.14. The summed E-state index contributed by atoms with van der Waals surface area (Å²) in [5.41, 5.74) is 5.95. The predicted molar refractivity (Wildman–Crippen MR) is 149 cm³/mol. The molecule has 0 heterocycles. The Morgan fingerprint density at radius 3 is 1.64 bits per heavy atom. The molecule has 6 heteroatoms. The molecular weight excluding hydrogens is 454 g/mol. The highest BCUT2D eigenvalue weighted by Crippen LogP contribution is 2.39. The number of hydrogen-bond acceptors (Lipinski definition) is 5. The lowest BCUT2D eigenvalue weighted by Crippen LogP contribution is -2.14. The lowest BCUT2D eigenvalue weighted by atomic mass is 10.0. The molecule has 0 spiro atoms. The van der Waals surface area contributed by atoms with Crippen molar-refractivity contribution in [3.8, 4) is 17.2 Å². The summed E-state index contributed by atoms with van der Waals surface area (Å²) in [4.78, 5) is 12.2. The summed E-state index contributed by atoms with van der Waals surface area (Å²) in [6, 6.07) is 3.31. The predicted octanol–water partition coefficient (Wildman–Crippen LogP) is 8.41. The fourth-order valence-electron chi connectivity index (χ4n) is 3.55. The maximum Gasteiger partial charge on any atom is 0.411 e. The van der Waals surface area contributed by atoms with Crippen molar-refractivity contribution >= 4 is 11.8 Å². The molecule has 6 nitrogen and oxygen atoms in total. The number of carbonyl (C=O) groups excluding carboxylic acids is 1. The first-order valence-electron chi connectivity index (χ1n) is 12.5. The van der Waals surface area contributed by atoms with Crippen LogP contribution in [0.5, 0.6) is 17.2 Å². The van der Waals surface area contributed by atoms with Crippen LogP contribution in [-0.2, 0) is 4.74 Å². The van der Waals surface area contributed by atoms with Gasteiger partial charge in [0.2, 0.25) is 5.75 Å². The number of methoxy groups -OCH3 is 3. The van der Waals surface area contributed by atoms with Crippen molar-refractivity contribution in [2.45, 2.75) is 73.1 Å². The number of anilines is 1. The summed E-state index contributed by atoms with van der Waals surface area (Å²) < 4.78 is 21.2. The Kier molecular flexibility index (Phi) is 14.8. The summed E-state index contributed by atoms with van der Waals surface area (Å²) >= 11 is 0. The van der Waals surface area contributed by atoms with Gasteiger partial charge in [-0.1, -0.05) is 40.5 Å². The maximum absolute atomic E-state index is 12.2. The largest absolute Gasteiger partial charge is 0.493 e. The Hall–Kier alpha value is -3.15. The Labute approximate surface area is 218 Å². The number of rotatable bonds is 15. The average molecular weight is 500 g/mol. The van der Waals surface area contributed by atoms with Gasteiger partial charge in [-0.3, -0.25) is 5.32 Å². The first-order chi connectivity index (χ1) is 17.2. The van der Waals surface area contributed by atoms with Gasteiger partial charge in [-0.25, -0.2) is 4.79 Å². The van der Waals surface area contributed by atoms with Crippen molar-refractivity contribution in [2.75, 3.05) is 33.3 Å². The molecule has 0 aliphatic heterocycles. The number of ether oxygens (including phenoxy) is 4. The van der Waals surface area contributed by atoms with E-state index in [1.807, 2.05) is 6.08 Å². The molecule has 0 aromatic heterocycles. The molecule has 1 aromatic rings. The first kappa shape index (κ1) is 30.9. The van der Waals surface area contributed by atoms with Crippen LogP contribution in [0.25, 0.3) is 0 Å². The molecule has 0 aliphatic rings. The van der Waals surface area contributed by atoms with Crippen molar-refractivity contribution in [2.24, 2.45) is 0 Å². The minimum absolute atomic E-state index is 0.210. The van der Waals surface area contributed by atoms with E-state index < -0.39 is 6.09 Å². The Bertz CT molecular complexity index is 927. The topological polar surface area (TPSA) is 66.0 Å². The van der Waals surface area contributed by atoms with Crippen LogP contribution in [0.15, 0.2) is 58.7 Å². The molecule has 0 aliphatic carbocycles. The zero-order valence-corrected chi connectivity index (χ0v) is 23.5. The molecule has 0 unspecified atom stereocenters. The van der Waals surface area contributed by atoms with Gasteiger partial charge in [-0.2, -0.15) is 0 Å². The van der Waals surface area contributed by atoms with E-state index in [1.165, 1.54) is 43.6 Å². The zero-order chi connectivity index (χ0) is 26.9. The number of nitrogens with one attached hydrogen (secondary N) is 1. The summed E-state index contributed by atoms with van der Waals surface area (Å²) in [6.07, 6.45) is 14.7. The quantitative estimate of drug-likeness (QED) is 0.245. The minimum Gasteiger partial charge on any atom is -0.493 e. The van der Waals surface area contributed by atoms with Gasteiger partial charge in [0.25, 0.3) is 0 Å². The van der Waals surface area contributed by atoms with Crippen LogP contribution in [-0.4, -0.2) is 34.0 Å². The summed E-state index contributed by atoms with van der Waals surface area (Å²) in [6.45, 7) is 11.0. The van der Waals surface area contributed by atoms with Gasteiger partial charge in [0.1, 0.15) is 6.61 Å². The third kappa shape index (κ3) is 12.5. The molecule has 36 heavy (non-hydrogen) atoms. The van der Waals surface area contributed by atoms with Crippen LogP contribution in [0, 0.1) is 0 Å².